The summed E-state index contributed by atoms with van der Waals surface area (Å²) in [7, 11) is 0. The molecule has 0 fully saturated rings. The van der Waals surface area contributed by atoms with Crippen LogP contribution in [0.3, 0.4) is 0 Å². The molecule has 0 aliphatic carbocycles. The van der Waals surface area contributed by atoms with Crippen LogP contribution in [0.2, 0.25) is 6.32 Å². The lowest BCUT2D eigenvalue weighted by Gasteiger charge is -2.12. The van der Waals surface area contributed by atoms with Crippen molar-refractivity contribution < 1.29 is 17.3 Å². The first kappa shape index (κ1) is 10.0. The summed E-state index contributed by atoms with van der Waals surface area (Å²) in [5.74, 6) is -0.630. The van der Waals surface area contributed by atoms with Crippen molar-refractivity contribution in [1.82, 2.24) is 4.98 Å². The fourth-order valence-corrected chi connectivity index (χ4v) is 0.913. The second kappa shape index (κ2) is 3.76. The minimum Gasteiger partial charge on any atom is -0.449 e. The molecule has 1 aromatic rings. The van der Waals surface area contributed by atoms with Gasteiger partial charge in [-0.05, 0) is 12.5 Å². The standard InChI is InChI=1S/C7H7BF4N/c9-7-2-4-13-5-6(7)1-3-8(10,11)12/h2,4-5H,1,3H2/q-1. The largest absolute Gasteiger partial charge is 0.478 e. The van der Waals surface area contributed by atoms with E-state index in [0.29, 0.717) is 0 Å². The Hall–Kier alpha value is -1.07. The summed E-state index contributed by atoms with van der Waals surface area (Å²) >= 11 is 0. The van der Waals surface area contributed by atoms with Crippen LogP contribution in [-0.4, -0.2) is 12.0 Å². The summed E-state index contributed by atoms with van der Waals surface area (Å²) in [6, 6.07) is 1.05. The molecule has 72 valence electrons. The first-order valence-corrected chi connectivity index (χ1v) is 3.78. The van der Waals surface area contributed by atoms with Gasteiger partial charge in [0.1, 0.15) is 5.82 Å². The third kappa shape index (κ3) is 3.44. The molecule has 1 heterocycles. The van der Waals surface area contributed by atoms with Crippen molar-refractivity contribution in [3.63, 3.8) is 0 Å². The average Bonchev–Trinajstić information content (AvgIpc) is 2.01. The molecular formula is C7H7BF4N-. The van der Waals surface area contributed by atoms with Gasteiger partial charge in [-0.1, -0.05) is 6.32 Å². The Labute approximate surface area is 72.8 Å². The summed E-state index contributed by atoms with van der Waals surface area (Å²) in [6.07, 6.45) is 1.04. The summed E-state index contributed by atoms with van der Waals surface area (Å²) in [5, 5.41) is 0. The number of pyridine rings is 1. The molecule has 0 amide bonds. The molecule has 0 bridgehead atoms. The third-order valence-corrected chi connectivity index (χ3v) is 1.59. The molecule has 13 heavy (non-hydrogen) atoms. The van der Waals surface area contributed by atoms with Crippen LogP contribution >= 0.6 is 0 Å². The lowest BCUT2D eigenvalue weighted by atomic mass is 9.83. The Bertz CT molecular complexity index is 286. The fraction of sp³-hybridized carbons (Fsp3) is 0.286. The van der Waals surface area contributed by atoms with E-state index >= 15 is 0 Å². The number of aryl methyl sites for hydroxylation is 1. The van der Waals surface area contributed by atoms with Crippen molar-refractivity contribution in [3.8, 4) is 0 Å². The Morgan fingerprint density at radius 3 is 2.54 bits per heavy atom. The minimum absolute atomic E-state index is 0.0155. The molecule has 0 unspecified atom stereocenters. The zero-order chi connectivity index (χ0) is 9.90. The van der Waals surface area contributed by atoms with E-state index in [0.717, 1.165) is 12.3 Å². The van der Waals surface area contributed by atoms with Gasteiger partial charge in [0.25, 0.3) is 0 Å². The topological polar surface area (TPSA) is 12.9 Å². The van der Waals surface area contributed by atoms with Crippen LogP contribution in [-0.2, 0) is 6.42 Å². The highest BCUT2D eigenvalue weighted by molar-refractivity contribution is 6.58. The van der Waals surface area contributed by atoms with Crippen LogP contribution in [0.4, 0.5) is 17.3 Å². The smallest absolute Gasteiger partial charge is 0.449 e. The lowest BCUT2D eigenvalue weighted by Crippen LogP contribution is -2.15. The number of nitrogens with zero attached hydrogens (tertiary/aromatic N) is 1. The summed E-state index contributed by atoms with van der Waals surface area (Å²) in [5.41, 5.74) is 0.0155. The van der Waals surface area contributed by atoms with Crippen LogP contribution in [0.5, 0.6) is 0 Å². The molecular weight excluding hydrogens is 185 g/mol. The molecule has 0 radical (unpaired) electrons. The number of hydrogen-bond donors (Lipinski definition) is 0. The molecule has 0 spiro atoms. The molecule has 0 saturated heterocycles. The highest BCUT2D eigenvalue weighted by atomic mass is 19.4. The minimum atomic E-state index is -4.84. The van der Waals surface area contributed by atoms with Gasteiger partial charge in [0.05, 0.1) is 0 Å². The van der Waals surface area contributed by atoms with Gasteiger partial charge in [0.2, 0.25) is 0 Å². The van der Waals surface area contributed by atoms with Crippen molar-refractivity contribution in [2.75, 3.05) is 0 Å². The van der Waals surface area contributed by atoms with E-state index in [1.165, 1.54) is 6.20 Å². The SMILES string of the molecule is Fc1ccncc1CC[B-](F)(F)F. The third-order valence-electron chi connectivity index (χ3n) is 1.59. The molecule has 1 nitrogen and oxygen atoms in total. The quantitative estimate of drug-likeness (QED) is 0.529. The second-order valence-corrected chi connectivity index (χ2v) is 2.72. The Balaban J connectivity index is 2.60. The van der Waals surface area contributed by atoms with Crippen LogP contribution in [0, 0.1) is 5.82 Å². The van der Waals surface area contributed by atoms with E-state index in [-0.39, 0.29) is 12.0 Å². The highest BCUT2D eigenvalue weighted by Gasteiger charge is 2.22. The van der Waals surface area contributed by atoms with Crippen LogP contribution in [0.1, 0.15) is 5.56 Å². The van der Waals surface area contributed by atoms with Gasteiger partial charge in [-0.15, -0.1) is 0 Å². The zero-order valence-electron chi connectivity index (χ0n) is 6.68. The van der Waals surface area contributed by atoms with Gasteiger partial charge < -0.3 is 12.9 Å². The lowest BCUT2D eigenvalue weighted by molar-refractivity contribution is 0.466. The number of halogens is 4. The molecule has 0 aromatic carbocycles. The number of aromatic nitrogens is 1. The molecule has 0 aliphatic rings. The van der Waals surface area contributed by atoms with Crippen molar-refractivity contribution in [2.24, 2.45) is 0 Å². The van der Waals surface area contributed by atoms with E-state index < -0.39 is 19.1 Å². The summed E-state index contributed by atoms with van der Waals surface area (Å²) in [6.45, 7) is -4.84. The van der Waals surface area contributed by atoms with E-state index in [2.05, 4.69) is 4.98 Å². The highest BCUT2D eigenvalue weighted by Crippen LogP contribution is 2.18. The maximum atomic E-state index is 12.8. The Kier molecular flexibility index (Phi) is 2.90. The first-order valence-electron chi connectivity index (χ1n) is 3.78. The van der Waals surface area contributed by atoms with Crippen molar-refractivity contribution in [1.29, 1.82) is 0 Å². The maximum Gasteiger partial charge on any atom is 0.478 e. The molecule has 1 rings (SSSR count). The number of rotatable bonds is 3. The van der Waals surface area contributed by atoms with E-state index in [1.54, 1.807) is 0 Å². The van der Waals surface area contributed by atoms with Crippen molar-refractivity contribution in [2.45, 2.75) is 12.7 Å². The van der Waals surface area contributed by atoms with Crippen molar-refractivity contribution >= 4 is 6.98 Å². The zero-order valence-corrected chi connectivity index (χ0v) is 6.68. The summed E-state index contributed by atoms with van der Waals surface area (Å²) in [4.78, 5) is 3.55. The predicted molar refractivity (Wildman–Crippen MR) is 41.8 cm³/mol. The van der Waals surface area contributed by atoms with E-state index in [1.807, 2.05) is 0 Å². The van der Waals surface area contributed by atoms with E-state index in [9.17, 15) is 17.3 Å². The molecule has 1 aromatic heterocycles. The van der Waals surface area contributed by atoms with Crippen LogP contribution < -0.4 is 0 Å². The molecule has 0 atom stereocenters. The van der Waals surface area contributed by atoms with Gasteiger partial charge in [0.15, 0.2) is 0 Å². The van der Waals surface area contributed by atoms with Crippen LogP contribution in [0.15, 0.2) is 18.5 Å². The number of hydrogen-bond acceptors (Lipinski definition) is 1. The van der Waals surface area contributed by atoms with Gasteiger partial charge >= 0.3 is 6.98 Å². The van der Waals surface area contributed by atoms with Gasteiger partial charge in [0, 0.05) is 18.0 Å². The first-order chi connectivity index (χ1) is 5.99. The molecule has 6 heteroatoms. The van der Waals surface area contributed by atoms with E-state index in [4.69, 9.17) is 0 Å². The van der Waals surface area contributed by atoms with Gasteiger partial charge in [-0.25, -0.2) is 4.39 Å². The summed E-state index contributed by atoms with van der Waals surface area (Å²) < 4.78 is 48.1. The Morgan fingerprint density at radius 1 is 1.31 bits per heavy atom. The molecule has 0 saturated carbocycles. The van der Waals surface area contributed by atoms with Crippen LogP contribution in [0.25, 0.3) is 0 Å². The van der Waals surface area contributed by atoms with Gasteiger partial charge in [-0.2, -0.15) is 0 Å². The monoisotopic (exact) mass is 192 g/mol. The Morgan fingerprint density at radius 2 is 2.00 bits per heavy atom. The van der Waals surface area contributed by atoms with Gasteiger partial charge in [-0.3, -0.25) is 4.98 Å². The second-order valence-electron chi connectivity index (χ2n) is 2.72. The molecule has 0 N–H and O–H groups in total. The normalized spacial score (nSPS) is 11.7. The maximum absolute atomic E-state index is 12.8. The average molecular weight is 192 g/mol. The molecule has 0 aliphatic heterocycles. The predicted octanol–water partition coefficient (Wildman–Crippen LogP) is 2.61. The fourth-order valence-electron chi connectivity index (χ4n) is 0.913. The van der Waals surface area contributed by atoms with Crippen molar-refractivity contribution in [3.05, 3.63) is 29.8 Å².